The van der Waals surface area contributed by atoms with Crippen LogP contribution in [0.2, 0.25) is 0 Å². The Morgan fingerprint density at radius 3 is 2.58 bits per heavy atom. The second-order valence-electron chi connectivity index (χ2n) is 2.96. The minimum absolute atomic E-state index is 0.756. The van der Waals surface area contributed by atoms with E-state index in [9.17, 15) is 0 Å². The Balaban J connectivity index is 2.96. The van der Waals surface area contributed by atoms with E-state index in [1.807, 2.05) is 20.8 Å². The average molecular weight is 165 g/mol. The number of aromatic nitrogens is 1. The molecule has 12 heavy (non-hydrogen) atoms. The summed E-state index contributed by atoms with van der Waals surface area (Å²) in [6, 6.07) is 0. The van der Waals surface area contributed by atoms with Crippen LogP contribution in [0.3, 0.4) is 0 Å². The largest absolute Gasteiger partial charge is 0.442 e. The van der Waals surface area contributed by atoms with Crippen molar-refractivity contribution in [3.05, 3.63) is 23.4 Å². The Morgan fingerprint density at radius 1 is 1.50 bits per heavy atom. The third kappa shape index (κ3) is 1.76. The summed E-state index contributed by atoms with van der Waals surface area (Å²) in [5, 5.41) is 0. The maximum absolute atomic E-state index is 5.45. The highest BCUT2D eigenvalue weighted by atomic mass is 16.4. The van der Waals surface area contributed by atoms with Gasteiger partial charge in [-0.1, -0.05) is 13.0 Å². The third-order valence-electron chi connectivity index (χ3n) is 1.88. The minimum atomic E-state index is 0.756. The van der Waals surface area contributed by atoms with Crippen LogP contribution in [-0.4, -0.2) is 4.98 Å². The molecular formula is C10H15NO. The first-order chi connectivity index (χ1) is 5.65. The molecule has 0 amide bonds. The summed E-state index contributed by atoms with van der Waals surface area (Å²) in [4.78, 5) is 4.29. The van der Waals surface area contributed by atoms with Crippen molar-refractivity contribution in [2.24, 2.45) is 0 Å². The van der Waals surface area contributed by atoms with Crippen LogP contribution < -0.4 is 0 Å². The van der Waals surface area contributed by atoms with E-state index >= 15 is 0 Å². The summed E-state index contributed by atoms with van der Waals surface area (Å²) >= 11 is 0. The first kappa shape index (κ1) is 9.04. The Kier molecular flexibility index (Phi) is 2.69. The first-order valence-electron chi connectivity index (χ1n) is 4.26. The predicted octanol–water partition coefficient (Wildman–Crippen LogP) is 3.10. The number of aryl methyl sites for hydroxylation is 2. The average Bonchev–Trinajstić information content (AvgIpc) is 2.33. The van der Waals surface area contributed by atoms with E-state index in [-0.39, 0.29) is 0 Å². The van der Waals surface area contributed by atoms with Crippen molar-refractivity contribution < 1.29 is 4.42 Å². The zero-order valence-corrected chi connectivity index (χ0v) is 8.14. The Bertz CT molecular complexity index is 277. The quantitative estimate of drug-likeness (QED) is 0.673. The van der Waals surface area contributed by atoms with Gasteiger partial charge >= 0.3 is 0 Å². The summed E-state index contributed by atoms with van der Waals surface area (Å²) in [5.74, 6) is 1.67. The fourth-order valence-electron chi connectivity index (χ4n) is 1.03. The van der Waals surface area contributed by atoms with Crippen molar-refractivity contribution in [3.63, 3.8) is 0 Å². The fourth-order valence-corrected chi connectivity index (χ4v) is 1.03. The van der Waals surface area contributed by atoms with Gasteiger partial charge in [-0.2, -0.15) is 0 Å². The van der Waals surface area contributed by atoms with E-state index in [1.165, 1.54) is 0 Å². The van der Waals surface area contributed by atoms with Gasteiger partial charge < -0.3 is 4.42 Å². The molecule has 0 aromatic carbocycles. The van der Waals surface area contributed by atoms with Crippen LogP contribution in [0.5, 0.6) is 0 Å². The predicted molar refractivity (Wildman–Crippen MR) is 49.9 cm³/mol. The molecule has 1 aromatic heterocycles. The van der Waals surface area contributed by atoms with E-state index in [2.05, 4.69) is 18.0 Å². The molecule has 1 rings (SSSR count). The highest BCUT2D eigenvalue weighted by molar-refractivity contribution is 5.56. The van der Waals surface area contributed by atoms with Gasteiger partial charge in [0.05, 0.1) is 5.69 Å². The topological polar surface area (TPSA) is 26.0 Å². The monoisotopic (exact) mass is 165 g/mol. The molecule has 1 heterocycles. The molecule has 0 N–H and O–H groups in total. The van der Waals surface area contributed by atoms with Crippen LogP contribution >= 0.6 is 0 Å². The van der Waals surface area contributed by atoms with Gasteiger partial charge in [0.1, 0.15) is 5.76 Å². The van der Waals surface area contributed by atoms with Crippen molar-refractivity contribution in [3.8, 4) is 0 Å². The van der Waals surface area contributed by atoms with Crippen LogP contribution in [0.1, 0.15) is 37.6 Å². The summed E-state index contributed by atoms with van der Waals surface area (Å²) in [5.41, 5.74) is 2.10. The summed E-state index contributed by atoms with van der Waals surface area (Å²) < 4.78 is 5.45. The Labute approximate surface area is 73.3 Å². The molecule has 2 nitrogen and oxygen atoms in total. The lowest BCUT2D eigenvalue weighted by Gasteiger charge is -1.91. The van der Waals surface area contributed by atoms with Gasteiger partial charge in [0.15, 0.2) is 0 Å². The molecule has 0 saturated heterocycles. The first-order valence-corrected chi connectivity index (χ1v) is 4.26. The lowest BCUT2D eigenvalue weighted by atomic mass is 10.2. The van der Waals surface area contributed by atoms with Crippen LogP contribution in [0.4, 0.5) is 0 Å². The minimum Gasteiger partial charge on any atom is -0.442 e. The zero-order valence-electron chi connectivity index (χ0n) is 8.14. The van der Waals surface area contributed by atoms with Crippen LogP contribution in [0, 0.1) is 13.8 Å². The highest BCUT2D eigenvalue weighted by Gasteiger charge is 2.05. The summed E-state index contributed by atoms with van der Waals surface area (Å²) in [6.07, 6.45) is 3.14. The Hall–Kier alpha value is -1.05. The van der Waals surface area contributed by atoms with Crippen molar-refractivity contribution in [1.82, 2.24) is 4.98 Å². The molecule has 0 aliphatic heterocycles. The number of hydrogen-bond acceptors (Lipinski definition) is 2. The lowest BCUT2D eigenvalue weighted by Crippen LogP contribution is -1.78. The van der Waals surface area contributed by atoms with Crippen molar-refractivity contribution in [2.75, 3.05) is 0 Å². The van der Waals surface area contributed by atoms with Crippen molar-refractivity contribution in [2.45, 2.75) is 34.1 Å². The van der Waals surface area contributed by atoms with E-state index in [0.717, 1.165) is 29.3 Å². The molecule has 0 aliphatic carbocycles. The summed E-state index contributed by atoms with van der Waals surface area (Å²) in [6.45, 7) is 8.02. The molecule has 0 aliphatic rings. The van der Waals surface area contributed by atoms with Gasteiger partial charge in [0.2, 0.25) is 5.89 Å². The van der Waals surface area contributed by atoms with Gasteiger partial charge in [-0.3, -0.25) is 0 Å². The fraction of sp³-hybridized carbons (Fsp3) is 0.500. The van der Waals surface area contributed by atoms with Crippen LogP contribution in [-0.2, 0) is 0 Å². The van der Waals surface area contributed by atoms with E-state index in [4.69, 9.17) is 4.42 Å². The lowest BCUT2D eigenvalue weighted by molar-refractivity contribution is 0.511. The molecule has 0 bridgehead atoms. The molecule has 66 valence electrons. The molecule has 0 spiro atoms. The molecule has 0 radical (unpaired) electrons. The molecule has 0 unspecified atom stereocenters. The molecule has 0 fully saturated rings. The number of allylic oxidation sites excluding steroid dienone is 2. The number of rotatable bonds is 2. The highest BCUT2D eigenvalue weighted by Crippen LogP contribution is 2.16. The number of hydrogen-bond donors (Lipinski definition) is 0. The van der Waals surface area contributed by atoms with Gasteiger partial charge in [0, 0.05) is 5.57 Å². The SMILES string of the molecule is CC/C=C(\C)c1nc(C)c(C)o1. The molecule has 0 saturated carbocycles. The number of oxazole rings is 1. The molecule has 0 atom stereocenters. The third-order valence-corrected chi connectivity index (χ3v) is 1.88. The maximum atomic E-state index is 5.45. The van der Waals surface area contributed by atoms with Gasteiger partial charge in [-0.25, -0.2) is 4.98 Å². The van der Waals surface area contributed by atoms with Crippen molar-refractivity contribution in [1.29, 1.82) is 0 Å². The molecular weight excluding hydrogens is 150 g/mol. The second-order valence-corrected chi connectivity index (χ2v) is 2.96. The van der Waals surface area contributed by atoms with E-state index in [1.54, 1.807) is 0 Å². The Morgan fingerprint density at radius 2 is 2.17 bits per heavy atom. The van der Waals surface area contributed by atoms with Crippen molar-refractivity contribution >= 4 is 5.57 Å². The van der Waals surface area contributed by atoms with Gasteiger partial charge in [0.25, 0.3) is 0 Å². The zero-order chi connectivity index (χ0) is 9.14. The van der Waals surface area contributed by atoms with Gasteiger partial charge in [-0.15, -0.1) is 0 Å². The molecule has 1 aromatic rings. The van der Waals surface area contributed by atoms with Gasteiger partial charge in [-0.05, 0) is 27.2 Å². The summed E-state index contributed by atoms with van der Waals surface area (Å²) in [7, 11) is 0. The smallest absolute Gasteiger partial charge is 0.221 e. The van der Waals surface area contributed by atoms with E-state index in [0.29, 0.717) is 0 Å². The standard InChI is InChI=1S/C10H15NO/c1-5-6-7(2)10-11-8(3)9(4)12-10/h6H,5H2,1-4H3/b7-6+. The van der Waals surface area contributed by atoms with Crippen LogP contribution in [0.15, 0.2) is 10.5 Å². The number of nitrogens with zero attached hydrogens (tertiary/aromatic N) is 1. The molecule has 2 heteroatoms. The normalized spacial score (nSPS) is 12.2. The second kappa shape index (κ2) is 3.57. The van der Waals surface area contributed by atoms with E-state index < -0.39 is 0 Å². The maximum Gasteiger partial charge on any atom is 0.221 e. The van der Waals surface area contributed by atoms with Crippen LogP contribution in [0.25, 0.3) is 5.57 Å².